The van der Waals surface area contributed by atoms with E-state index >= 15 is 0 Å². The number of non-ortho nitro benzene ring substituents is 1. The molecular weight excluding hydrogens is 270 g/mol. The van der Waals surface area contributed by atoms with Gasteiger partial charge in [-0.3, -0.25) is 20.3 Å². The molecule has 0 atom stereocenters. The first-order chi connectivity index (χ1) is 9.40. The number of carbonyl (C=O) groups is 2. The molecule has 1 aromatic carbocycles. The van der Waals surface area contributed by atoms with Crippen LogP contribution in [0.4, 0.5) is 11.4 Å². The van der Waals surface area contributed by atoms with Crippen molar-refractivity contribution in [3.8, 4) is 0 Å². The zero-order valence-electron chi connectivity index (χ0n) is 10.1. The second-order valence-corrected chi connectivity index (χ2v) is 3.67. The molecule has 0 aromatic heterocycles. The third-order valence-corrected chi connectivity index (χ3v) is 2.22. The van der Waals surface area contributed by atoms with Gasteiger partial charge in [0.15, 0.2) is 0 Å². The van der Waals surface area contributed by atoms with E-state index in [4.69, 9.17) is 10.2 Å². The fourth-order valence-electron chi connectivity index (χ4n) is 1.23. The van der Waals surface area contributed by atoms with Crippen LogP contribution in [0.1, 0.15) is 12.8 Å². The van der Waals surface area contributed by atoms with E-state index < -0.39 is 16.9 Å². The van der Waals surface area contributed by atoms with E-state index in [1.54, 1.807) is 0 Å². The van der Waals surface area contributed by atoms with Crippen molar-refractivity contribution in [3.63, 3.8) is 0 Å². The summed E-state index contributed by atoms with van der Waals surface area (Å²) in [6.45, 7) is 0. The van der Waals surface area contributed by atoms with Crippen LogP contribution in [0.3, 0.4) is 0 Å². The molecular formula is C11H11N3O6. The highest BCUT2D eigenvalue weighted by atomic mass is 16.6. The second-order valence-electron chi connectivity index (χ2n) is 3.67. The Morgan fingerprint density at radius 2 is 1.80 bits per heavy atom. The molecule has 20 heavy (non-hydrogen) atoms. The predicted octanol–water partition coefficient (Wildman–Crippen LogP) is 1.31. The molecule has 0 radical (unpaired) electrons. The lowest BCUT2D eigenvalue weighted by atomic mass is 10.2. The molecule has 0 aliphatic carbocycles. The van der Waals surface area contributed by atoms with E-state index in [2.05, 4.69) is 10.5 Å². The molecule has 1 aromatic rings. The maximum Gasteiger partial charge on any atom is 0.352 e. The normalized spacial score (nSPS) is 10.9. The maximum atomic E-state index is 10.8. The average Bonchev–Trinajstić information content (AvgIpc) is 2.38. The summed E-state index contributed by atoms with van der Waals surface area (Å²) in [7, 11) is 0. The Kier molecular flexibility index (Phi) is 5.15. The van der Waals surface area contributed by atoms with Crippen LogP contribution in [0, 0.1) is 10.1 Å². The number of nitro groups is 1. The third kappa shape index (κ3) is 4.72. The summed E-state index contributed by atoms with van der Waals surface area (Å²) in [5, 5.41) is 31.3. The molecule has 3 N–H and O–H groups in total. The predicted molar refractivity (Wildman–Crippen MR) is 68.7 cm³/mol. The smallest absolute Gasteiger partial charge is 0.352 e. The third-order valence-electron chi connectivity index (χ3n) is 2.22. The highest BCUT2D eigenvalue weighted by Gasteiger charge is 2.12. The van der Waals surface area contributed by atoms with Gasteiger partial charge in [-0.15, -0.1) is 0 Å². The van der Waals surface area contributed by atoms with Gasteiger partial charge in [-0.05, 0) is 12.1 Å². The number of hydrogen-bond donors (Lipinski definition) is 3. The molecule has 106 valence electrons. The van der Waals surface area contributed by atoms with Crippen molar-refractivity contribution in [1.82, 2.24) is 0 Å². The minimum atomic E-state index is -1.33. The molecule has 0 fully saturated rings. The van der Waals surface area contributed by atoms with Gasteiger partial charge in [-0.1, -0.05) is 0 Å². The monoisotopic (exact) mass is 281 g/mol. The highest BCUT2D eigenvalue weighted by Crippen LogP contribution is 2.15. The zero-order valence-corrected chi connectivity index (χ0v) is 10.1. The van der Waals surface area contributed by atoms with Crippen LogP contribution >= 0.6 is 0 Å². The number of carboxylic acids is 2. The van der Waals surface area contributed by atoms with Gasteiger partial charge in [0.2, 0.25) is 0 Å². The van der Waals surface area contributed by atoms with Crippen LogP contribution in [0.5, 0.6) is 0 Å². The molecule has 0 saturated carbocycles. The van der Waals surface area contributed by atoms with E-state index in [0.717, 1.165) is 0 Å². The summed E-state index contributed by atoms with van der Waals surface area (Å²) in [5.41, 5.74) is 2.31. The number of hydrazone groups is 1. The molecule has 0 unspecified atom stereocenters. The fourth-order valence-corrected chi connectivity index (χ4v) is 1.23. The lowest BCUT2D eigenvalue weighted by Crippen LogP contribution is -2.16. The van der Waals surface area contributed by atoms with Gasteiger partial charge in [-0.25, -0.2) is 4.79 Å². The van der Waals surface area contributed by atoms with Crippen molar-refractivity contribution in [1.29, 1.82) is 0 Å². The largest absolute Gasteiger partial charge is 0.481 e. The van der Waals surface area contributed by atoms with Gasteiger partial charge >= 0.3 is 11.9 Å². The Morgan fingerprint density at radius 3 is 2.25 bits per heavy atom. The first-order valence-electron chi connectivity index (χ1n) is 5.42. The molecule has 0 amide bonds. The van der Waals surface area contributed by atoms with Crippen molar-refractivity contribution < 1.29 is 24.7 Å². The zero-order chi connectivity index (χ0) is 15.1. The first kappa shape index (κ1) is 15.1. The molecule has 0 aliphatic rings. The number of anilines is 1. The van der Waals surface area contributed by atoms with Crippen LogP contribution in [-0.2, 0) is 9.59 Å². The number of hydrogen-bond acceptors (Lipinski definition) is 6. The SMILES string of the molecule is O=C(O)CC/C(=N/Nc1ccc([N+](=O)[O-])cc1)C(=O)O. The van der Waals surface area contributed by atoms with Gasteiger partial charge in [0.25, 0.3) is 5.69 Å². The molecule has 0 aliphatic heterocycles. The molecule has 9 heteroatoms. The Balaban J connectivity index is 2.73. The number of nitro benzene ring substituents is 1. The first-order valence-corrected chi connectivity index (χ1v) is 5.42. The van der Waals surface area contributed by atoms with Gasteiger partial charge in [-0.2, -0.15) is 5.10 Å². The lowest BCUT2D eigenvalue weighted by molar-refractivity contribution is -0.384. The fraction of sp³-hybridized carbons (Fsp3) is 0.182. The molecule has 0 saturated heterocycles. The van der Waals surface area contributed by atoms with Crippen LogP contribution < -0.4 is 5.43 Å². The molecule has 0 spiro atoms. The number of nitrogens with one attached hydrogen (secondary N) is 1. The minimum Gasteiger partial charge on any atom is -0.481 e. The van der Waals surface area contributed by atoms with E-state index in [-0.39, 0.29) is 24.2 Å². The summed E-state index contributed by atoms with van der Waals surface area (Å²) in [6, 6.07) is 5.18. The molecule has 0 bridgehead atoms. The molecule has 9 nitrogen and oxygen atoms in total. The van der Waals surface area contributed by atoms with Crippen molar-refractivity contribution in [2.45, 2.75) is 12.8 Å². The Morgan fingerprint density at radius 1 is 1.20 bits per heavy atom. The molecule has 1 rings (SSSR count). The maximum absolute atomic E-state index is 10.8. The summed E-state index contributed by atoms with van der Waals surface area (Å²) < 4.78 is 0. The van der Waals surface area contributed by atoms with Crippen molar-refractivity contribution in [3.05, 3.63) is 34.4 Å². The Bertz CT molecular complexity index is 552. The van der Waals surface area contributed by atoms with Crippen molar-refractivity contribution in [2.24, 2.45) is 5.10 Å². The van der Waals surface area contributed by atoms with Gasteiger partial charge in [0, 0.05) is 18.6 Å². The van der Waals surface area contributed by atoms with Gasteiger partial charge in [0.05, 0.1) is 17.0 Å². The average molecular weight is 281 g/mol. The number of benzene rings is 1. The van der Waals surface area contributed by atoms with Crippen LogP contribution in [0.2, 0.25) is 0 Å². The van der Waals surface area contributed by atoms with Crippen molar-refractivity contribution in [2.75, 3.05) is 5.43 Å². The number of rotatable bonds is 7. The number of nitrogens with zero attached hydrogens (tertiary/aromatic N) is 2. The van der Waals surface area contributed by atoms with E-state index in [1.165, 1.54) is 24.3 Å². The Hall–Kier alpha value is -2.97. The van der Waals surface area contributed by atoms with E-state index in [1.807, 2.05) is 0 Å². The molecule has 0 heterocycles. The lowest BCUT2D eigenvalue weighted by Gasteiger charge is -2.02. The summed E-state index contributed by atoms with van der Waals surface area (Å²) in [6.07, 6.45) is -0.586. The quantitative estimate of drug-likeness (QED) is 0.388. The minimum absolute atomic E-state index is 0.108. The van der Waals surface area contributed by atoms with E-state index in [0.29, 0.717) is 5.69 Å². The number of carboxylic acid groups (broad SMARTS) is 2. The van der Waals surface area contributed by atoms with Gasteiger partial charge < -0.3 is 10.2 Å². The Labute approximate surface area is 112 Å². The number of aliphatic carboxylic acids is 2. The summed E-state index contributed by atoms with van der Waals surface area (Å²) in [4.78, 5) is 31.1. The van der Waals surface area contributed by atoms with E-state index in [9.17, 15) is 19.7 Å². The van der Waals surface area contributed by atoms with Gasteiger partial charge in [0.1, 0.15) is 5.71 Å². The van der Waals surface area contributed by atoms with Crippen LogP contribution in [0.25, 0.3) is 0 Å². The van der Waals surface area contributed by atoms with Crippen molar-refractivity contribution >= 4 is 29.0 Å². The summed E-state index contributed by atoms with van der Waals surface area (Å²) in [5.74, 6) is -2.46. The summed E-state index contributed by atoms with van der Waals surface area (Å²) >= 11 is 0. The standard InChI is InChI=1S/C11H11N3O6/c15-10(16)6-5-9(11(17)18)13-12-7-1-3-8(4-2-7)14(19)20/h1-4,12H,5-6H2,(H,15,16)(H,17,18)/b13-9-. The second kappa shape index (κ2) is 6.83. The van der Waals surface area contributed by atoms with Crippen LogP contribution in [-0.4, -0.2) is 32.8 Å². The topological polar surface area (TPSA) is 142 Å². The highest BCUT2D eigenvalue weighted by molar-refractivity contribution is 6.35. The van der Waals surface area contributed by atoms with Crippen LogP contribution in [0.15, 0.2) is 29.4 Å².